The van der Waals surface area contributed by atoms with Gasteiger partial charge in [-0.15, -0.1) is 0 Å². The van der Waals surface area contributed by atoms with Crippen LogP contribution in [0.5, 0.6) is 0 Å². The van der Waals surface area contributed by atoms with Crippen molar-refractivity contribution in [3.05, 3.63) is 16.0 Å². The van der Waals surface area contributed by atoms with Gasteiger partial charge < -0.3 is 5.32 Å². The molecule has 1 aromatic heterocycles. The fourth-order valence-electron chi connectivity index (χ4n) is 2.28. The third kappa shape index (κ3) is 3.30. The Balaban J connectivity index is 1.88. The predicted octanol–water partition coefficient (Wildman–Crippen LogP) is 3.46. The summed E-state index contributed by atoms with van der Waals surface area (Å²) in [6.07, 6.45) is 10.5. The van der Waals surface area contributed by atoms with Crippen molar-refractivity contribution in [3.63, 3.8) is 0 Å². The van der Waals surface area contributed by atoms with Crippen LogP contribution in [0.25, 0.3) is 0 Å². The number of hydrogen-bond acceptors (Lipinski definition) is 3. The van der Waals surface area contributed by atoms with Crippen LogP contribution in [0.1, 0.15) is 39.0 Å². The SMILES string of the molecule is CC1(CNc2ncc(I)cn2)CCCCC1. The summed E-state index contributed by atoms with van der Waals surface area (Å²) >= 11 is 2.22. The summed E-state index contributed by atoms with van der Waals surface area (Å²) in [5.41, 5.74) is 0.435. The highest BCUT2D eigenvalue weighted by Gasteiger charge is 2.26. The maximum Gasteiger partial charge on any atom is 0.222 e. The van der Waals surface area contributed by atoms with Crippen LogP contribution in [0.2, 0.25) is 0 Å². The Morgan fingerprint density at radius 3 is 2.50 bits per heavy atom. The third-order valence-electron chi connectivity index (χ3n) is 3.35. The van der Waals surface area contributed by atoms with E-state index in [2.05, 4.69) is 44.8 Å². The molecule has 16 heavy (non-hydrogen) atoms. The molecular weight excluding hydrogens is 313 g/mol. The second-order valence-electron chi connectivity index (χ2n) is 4.95. The fourth-order valence-corrected chi connectivity index (χ4v) is 2.56. The maximum atomic E-state index is 4.26. The zero-order valence-electron chi connectivity index (χ0n) is 9.67. The van der Waals surface area contributed by atoms with Crippen molar-refractivity contribution in [1.29, 1.82) is 0 Å². The second kappa shape index (κ2) is 5.29. The summed E-state index contributed by atoms with van der Waals surface area (Å²) in [4.78, 5) is 8.53. The number of anilines is 1. The van der Waals surface area contributed by atoms with Gasteiger partial charge in [-0.1, -0.05) is 26.2 Å². The number of nitrogens with one attached hydrogen (secondary N) is 1. The lowest BCUT2D eigenvalue weighted by molar-refractivity contribution is 0.233. The summed E-state index contributed by atoms with van der Waals surface area (Å²) in [6, 6.07) is 0. The first kappa shape index (κ1) is 12.1. The van der Waals surface area contributed by atoms with Gasteiger partial charge in [-0.25, -0.2) is 9.97 Å². The quantitative estimate of drug-likeness (QED) is 0.862. The fraction of sp³-hybridized carbons (Fsp3) is 0.667. The molecule has 1 saturated carbocycles. The Labute approximate surface area is 111 Å². The molecule has 1 heterocycles. The molecule has 1 N–H and O–H groups in total. The molecule has 4 heteroatoms. The Morgan fingerprint density at radius 1 is 1.25 bits per heavy atom. The van der Waals surface area contributed by atoms with E-state index in [-0.39, 0.29) is 0 Å². The number of nitrogens with zero attached hydrogens (tertiary/aromatic N) is 2. The van der Waals surface area contributed by atoms with Crippen molar-refractivity contribution < 1.29 is 0 Å². The van der Waals surface area contributed by atoms with Gasteiger partial charge in [0, 0.05) is 22.5 Å². The van der Waals surface area contributed by atoms with Crippen LogP contribution in [-0.4, -0.2) is 16.5 Å². The molecule has 3 nitrogen and oxygen atoms in total. The number of halogens is 1. The van der Waals surface area contributed by atoms with Gasteiger partial charge >= 0.3 is 0 Å². The summed E-state index contributed by atoms with van der Waals surface area (Å²) in [7, 11) is 0. The van der Waals surface area contributed by atoms with Crippen molar-refractivity contribution in [2.45, 2.75) is 39.0 Å². The van der Waals surface area contributed by atoms with Gasteiger partial charge in [0.15, 0.2) is 0 Å². The topological polar surface area (TPSA) is 37.8 Å². The van der Waals surface area contributed by atoms with Crippen molar-refractivity contribution in [2.24, 2.45) is 5.41 Å². The first-order valence-electron chi connectivity index (χ1n) is 5.89. The molecule has 0 saturated heterocycles. The Hall–Kier alpha value is -0.390. The van der Waals surface area contributed by atoms with E-state index in [0.717, 1.165) is 16.1 Å². The van der Waals surface area contributed by atoms with E-state index in [1.807, 2.05) is 12.4 Å². The van der Waals surface area contributed by atoms with Gasteiger partial charge in [0.05, 0.1) is 0 Å². The average Bonchev–Trinajstić information content (AvgIpc) is 2.29. The normalized spacial score (nSPS) is 19.4. The molecule has 0 bridgehead atoms. The number of rotatable bonds is 3. The first-order chi connectivity index (χ1) is 7.68. The van der Waals surface area contributed by atoms with E-state index in [4.69, 9.17) is 0 Å². The lowest BCUT2D eigenvalue weighted by Gasteiger charge is -2.33. The Morgan fingerprint density at radius 2 is 1.88 bits per heavy atom. The molecule has 2 rings (SSSR count). The minimum atomic E-state index is 0.435. The smallest absolute Gasteiger partial charge is 0.222 e. The zero-order valence-corrected chi connectivity index (χ0v) is 11.8. The predicted molar refractivity (Wildman–Crippen MR) is 74.4 cm³/mol. The highest BCUT2D eigenvalue weighted by Crippen LogP contribution is 2.35. The Kier molecular flexibility index (Phi) is 4.00. The summed E-state index contributed by atoms with van der Waals surface area (Å²) in [5, 5.41) is 3.36. The maximum absolute atomic E-state index is 4.26. The number of hydrogen-bond donors (Lipinski definition) is 1. The third-order valence-corrected chi connectivity index (χ3v) is 3.91. The van der Waals surface area contributed by atoms with Crippen LogP contribution < -0.4 is 5.32 Å². The molecule has 88 valence electrons. The Bertz CT molecular complexity index is 331. The molecule has 0 aliphatic heterocycles. The van der Waals surface area contributed by atoms with E-state index in [1.165, 1.54) is 32.1 Å². The average molecular weight is 331 g/mol. The van der Waals surface area contributed by atoms with E-state index in [9.17, 15) is 0 Å². The van der Waals surface area contributed by atoms with Crippen molar-refractivity contribution in [2.75, 3.05) is 11.9 Å². The van der Waals surface area contributed by atoms with Gasteiger partial charge in [0.2, 0.25) is 5.95 Å². The van der Waals surface area contributed by atoms with Gasteiger partial charge in [-0.2, -0.15) is 0 Å². The van der Waals surface area contributed by atoms with Crippen molar-refractivity contribution in [3.8, 4) is 0 Å². The molecule has 0 spiro atoms. The van der Waals surface area contributed by atoms with Gasteiger partial charge in [-0.05, 0) is 40.8 Å². The monoisotopic (exact) mass is 331 g/mol. The van der Waals surface area contributed by atoms with Gasteiger partial charge in [0.25, 0.3) is 0 Å². The molecule has 1 fully saturated rings. The lowest BCUT2D eigenvalue weighted by Crippen LogP contribution is -2.29. The number of aromatic nitrogens is 2. The lowest BCUT2D eigenvalue weighted by atomic mass is 9.76. The minimum absolute atomic E-state index is 0.435. The van der Waals surface area contributed by atoms with Crippen LogP contribution >= 0.6 is 22.6 Å². The zero-order chi connectivity index (χ0) is 11.4. The summed E-state index contributed by atoms with van der Waals surface area (Å²) in [6.45, 7) is 3.36. The van der Waals surface area contributed by atoms with Crippen molar-refractivity contribution in [1.82, 2.24) is 9.97 Å². The van der Waals surface area contributed by atoms with Crippen LogP contribution in [-0.2, 0) is 0 Å². The largest absolute Gasteiger partial charge is 0.354 e. The van der Waals surface area contributed by atoms with Crippen LogP contribution in [0, 0.1) is 8.99 Å². The van der Waals surface area contributed by atoms with Crippen LogP contribution in [0.4, 0.5) is 5.95 Å². The van der Waals surface area contributed by atoms with E-state index < -0.39 is 0 Å². The van der Waals surface area contributed by atoms with E-state index in [1.54, 1.807) is 0 Å². The highest BCUT2D eigenvalue weighted by atomic mass is 127. The molecule has 0 amide bonds. The van der Waals surface area contributed by atoms with Crippen LogP contribution in [0.15, 0.2) is 12.4 Å². The van der Waals surface area contributed by atoms with Gasteiger partial charge in [0.1, 0.15) is 0 Å². The van der Waals surface area contributed by atoms with E-state index >= 15 is 0 Å². The first-order valence-corrected chi connectivity index (χ1v) is 6.97. The molecule has 0 atom stereocenters. The molecule has 1 aromatic rings. The second-order valence-corrected chi connectivity index (χ2v) is 6.20. The standard InChI is InChI=1S/C12H18IN3/c1-12(5-3-2-4-6-12)9-16-11-14-7-10(13)8-15-11/h7-8H,2-6,9H2,1H3,(H,14,15,16). The van der Waals surface area contributed by atoms with Crippen LogP contribution in [0.3, 0.4) is 0 Å². The summed E-state index contributed by atoms with van der Waals surface area (Å²) < 4.78 is 1.08. The minimum Gasteiger partial charge on any atom is -0.354 e. The summed E-state index contributed by atoms with van der Waals surface area (Å²) in [5.74, 6) is 0.757. The van der Waals surface area contributed by atoms with Crippen molar-refractivity contribution >= 4 is 28.5 Å². The molecule has 0 aromatic carbocycles. The molecule has 0 radical (unpaired) electrons. The van der Waals surface area contributed by atoms with E-state index in [0.29, 0.717) is 5.41 Å². The highest BCUT2D eigenvalue weighted by molar-refractivity contribution is 14.1. The molecular formula is C12H18IN3. The van der Waals surface area contributed by atoms with Gasteiger partial charge in [-0.3, -0.25) is 0 Å². The molecule has 1 aliphatic carbocycles. The molecule has 0 unspecified atom stereocenters. The molecule has 1 aliphatic rings.